The fraction of sp³-hybridized carbons (Fsp3) is 0.438. The highest BCUT2D eigenvalue weighted by atomic mass is 35.5. The number of hydrogen-bond acceptors (Lipinski definition) is 7. The van der Waals surface area contributed by atoms with Crippen molar-refractivity contribution in [3.05, 3.63) is 34.9 Å². The summed E-state index contributed by atoms with van der Waals surface area (Å²) in [6.07, 6.45) is 3.24. The van der Waals surface area contributed by atoms with Gasteiger partial charge in [0.15, 0.2) is 5.82 Å². The number of methoxy groups -OCH3 is 1. The molecule has 0 atom stereocenters. The Hall–Kier alpha value is -2.04. The summed E-state index contributed by atoms with van der Waals surface area (Å²) in [5, 5.41) is -0.271. The van der Waals surface area contributed by atoms with Crippen molar-refractivity contribution in [2.75, 3.05) is 25.1 Å². The van der Waals surface area contributed by atoms with Crippen LogP contribution in [0.3, 0.4) is 0 Å². The number of benzene rings is 1. The van der Waals surface area contributed by atoms with Gasteiger partial charge in [0.25, 0.3) is 0 Å². The number of nitrogens with zero attached hydrogens (tertiary/aromatic N) is 4. The second-order valence-corrected chi connectivity index (χ2v) is 8.16. The van der Waals surface area contributed by atoms with Crippen LogP contribution in [0, 0.1) is 5.82 Å². The summed E-state index contributed by atoms with van der Waals surface area (Å²) < 4.78 is 45.6. The van der Waals surface area contributed by atoms with Crippen LogP contribution in [0.15, 0.2) is 23.1 Å². The second kappa shape index (κ2) is 8.32. The Bertz CT molecular complexity index is 922. The predicted octanol–water partition coefficient (Wildman–Crippen LogP) is 2.14. The molecule has 8 nitrogen and oxygen atoms in total. The quantitative estimate of drug-likeness (QED) is 0.771. The van der Waals surface area contributed by atoms with Crippen LogP contribution in [0.2, 0.25) is 5.02 Å². The average molecular weight is 416 g/mol. The van der Waals surface area contributed by atoms with Gasteiger partial charge in [-0.1, -0.05) is 11.6 Å². The Balaban J connectivity index is 1.79. The minimum Gasteiger partial charge on any atom is -0.467 e. The molecule has 146 valence electrons. The molecule has 1 aliphatic heterocycles. The largest absolute Gasteiger partial charge is 0.467 e. The first-order valence-corrected chi connectivity index (χ1v) is 10.2. The first-order valence-electron chi connectivity index (χ1n) is 8.37. The van der Waals surface area contributed by atoms with E-state index in [4.69, 9.17) is 16.3 Å². The number of anilines is 1. The van der Waals surface area contributed by atoms with Crippen LogP contribution in [-0.2, 0) is 16.6 Å². The lowest BCUT2D eigenvalue weighted by atomic mass is 10.1. The van der Waals surface area contributed by atoms with E-state index < -0.39 is 15.8 Å². The molecule has 0 saturated carbocycles. The molecule has 1 aromatic heterocycles. The van der Waals surface area contributed by atoms with Gasteiger partial charge in [0.1, 0.15) is 5.82 Å². The zero-order valence-electron chi connectivity index (χ0n) is 14.7. The molecule has 2 aromatic rings. The van der Waals surface area contributed by atoms with Gasteiger partial charge in [-0.15, -0.1) is 0 Å². The summed E-state index contributed by atoms with van der Waals surface area (Å²) in [5.41, 5.74) is 0. The monoisotopic (exact) mass is 415 g/mol. The van der Waals surface area contributed by atoms with Gasteiger partial charge in [0.05, 0.1) is 23.6 Å². The van der Waals surface area contributed by atoms with Gasteiger partial charge in [-0.25, -0.2) is 17.5 Å². The van der Waals surface area contributed by atoms with Gasteiger partial charge < -0.3 is 9.64 Å². The lowest BCUT2D eigenvalue weighted by molar-refractivity contribution is 0.374. The Labute approximate surface area is 161 Å². The number of ether oxygens (including phenoxy) is 1. The van der Waals surface area contributed by atoms with Crippen molar-refractivity contribution >= 4 is 27.6 Å². The molecule has 0 amide bonds. The summed E-state index contributed by atoms with van der Waals surface area (Å²) in [5.74, 6) is -0.0104. The van der Waals surface area contributed by atoms with Crippen LogP contribution in [0.25, 0.3) is 0 Å². The molecule has 3 rings (SSSR count). The first-order chi connectivity index (χ1) is 12.9. The first kappa shape index (κ1) is 19.7. The molecule has 0 unspecified atom stereocenters. The van der Waals surface area contributed by atoms with E-state index in [0.29, 0.717) is 5.95 Å². The summed E-state index contributed by atoms with van der Waals surface area (Å²) in [7, 11) is -2.48. The third-order valence-corrected chi connectivity index (χ3v) is 5.78. The Kier molecular flexibility index (Phi) is 6.08. The molecule has 11 heteroatoms. The Morgan fingerprint density at radius 3 is 2.63 bits per heavy atom. The molecule has 0 radical (unpaired) electrons. The van der Waals surface area contributed by atoms with E-state index in [1.54, 1.807) is 0 Å². The molecule has 1 aliphatic rings. The van der Waals surface area contributed by atoms with Crippen LogP contribution in [-0.4, -0.2) is 43.6 Å². The van der Waals surface area contributed by atoms with Crippen molar-refractivity contribution in [2.45, 2.75) is 30.7 Å². The Morgan fingerprint density at radius 2 is 1.96 bits per heavy atom. The maximum absolute atomic E-state index is 13.2. The van der Waals surface area contributed by atoms with E-state index in [1.807, 2.05) is 4.90 Å². The smallest absolute Gasteiger partial charge is 0.321 e. The lowest BCUT2D eigenvalue weighted by Gasteiger charge is -2.26. The van der Waals surface area contributed by atoms with E-state index in [2.05, 4.69) is 19.7 Å². The second-order valence-electron chi connectivity index (χ2n) is 5.99. The summed E-state index contributed by atoms with van der Waals surface area (Å²) in [4.78, 5) is 14.6. The molecule has 0 bridgehead atoms. The number of rotatable bonds is 6. The highest BCUT2D eigenvalue weighted by molar-refractivity contribution is 7.89. The third-order valence-electron chi connectivity index (χ3n) is 4.09. The van der Waals surface area contributed by atoms with E-state index >= 15 is 0 Å². The molecule has 1 aromatic carbocycles. The normalized spacial score (nSPS) is 15.0. The van der Waals surface area contributed by atoms with E-state index in [-0.39, 0.29) is 28.3 Å². The number of sulfonamides is 1. The molecule has 0 spiro atoms. The fourth-order valence-electron chi connectivity index (χ4n) is 2.68. The predicted molar refractivity (Wildman–Crippen MR) is 97.9 cm³/mol. The van der Waals surface area contributed by atoms with Crippen molar-refractivity contribution < 1.29 is 17.5 Å². The maximum Gasteiger partial charge on any atom is 0.321 e. The molecule has 0 aliphatic carbocycles. The van der Waals surface area contributed by atoms with Gasteiger partial charge in [-0.2, -0.15) is 15.0 Å². The van der Waals surface area contributed by atoms with Crippen molar-refractivity contribution in [1.29, 1.82) is 0 Å². The zero-order valence-corrected chi connectivity index (χ0v) is 16.2. The van der Waals surface area contributed by atoms with E-state index in [9.17, 15) is 12.8 Å². The molecule has 27 heavy (non-hydrogen) atoms. The van der Waals surface area contributed by atoms with Gasteiger partial charge >= 0.3 is 6.01 Å². The average Bonchev–Trinajstić information content (AvgIpc) is 2.69. The van der Waals surface area contributed by atoms with Crippen molar-refractivity contribution in [1.82, 2.24) is 19.7 Å². The van der Waals surface area contributed by atoms with E-state index in [0.717, 1.165) is 50.6 Å². The third kappa shape index (κ3) is 4.82. The van der Waals surface area contributed by atoms with Crippen LogP contribution in [0.4, 0.5) is 10.3 Å². The van der Waals surface area contributed by atoms with Gasteiger partial charge in [0, 0.05) is 13.1 Å². The van der Waals surface area contributed by atoms with Gasteiger partial charge in [0.2, 0.25) is 16.0 Å². The molecular weight excluding hydrogens is 397 g/mol. The minimum absolute atomic E-state index is 0.115. The minimum atomic E-state index is -3.91. The molecular formula is C16H19ClFN5O3S. The number of piperidine rings is 1. The topological polar surface area (TPSA) is 97.3 Å². The number of halogens is 2. The van der Waals surface area contributed by atoms with Crippen molar-refractivity contribution in [3.63, 3.8) is 0 Å². The Morgan fingerprint density at radius 1 is 1.22 bits per heavy atom. The van der Waals surface area contributed by atoms with Crippen LogP contribution < -0.4 is 14.4 Å². The molecule has 2 heterocycles. The lowest BCUT2D eigenvalue weighted by Crippen LogP contribution is -2.32. The molecule has 1 N–H and O–H groups in total. The van der Waals surface area contributed by atoms with Gasteiger partial charge in [-0.05, 0) is 37.5 Å². The number of hydrogen-bond donors (Lipinski definition) is 1. The zero-order chi connectivity index (χ0) is 19.4. The highest BCUT2D eigenvalue weighted by Gasteiger charge is 2.19. The van der Waals surface area contributed by atoms with Gasteiger partial charge in [-0.3, -0.25) is 0 Å². The summed E-state index contributed by atoms with van der Waals surface area (Å²) in [6.45, 7) is 1.48. The maximum atomic E-state index is 13.2. The van der Waals surface area contributed by atoms with Crippen molar-refractivity contribution in [3.8, 4) is 6.01 Å². The van der Waals surface area contributed by atoms with Crippen molar-refractivity contribution in [2.24, 2.45) is 0 Å². The SMILES string of the molecule is COc1nc(CNS(=O)(=O)c2ccc(F)c(Cl)c2)nc(N2CCCCC2)n1. The molecule has 1 fully saturated rings. The highest BCUT2D eigenvalue weighted by Crippen LogP contribution is 2.20. The number of nitrogens with one attached hydrogen (secondary N) is 1. The fourth-order valence-corrected chi connectivity index (χ4v) is 3.93. The van der Waals surface area contributed by atoms with E-state index in [1.165, 1.54) is 7.11 Å². The standard InChI is InChI=1S/C16H19ClFN5O3S/c1-26-16-21-14(20-15(22-16)23-7-3-2-4-8-23)10-19-27(24,25)11-5-6-13(18)12(17)9-11/h5-6,9,19H,2-4,7-8,10H2,1H3. The van der Waals surface area contributed by atoms with Crippen LogP contribution in [0.5, 0.6) is 6.01 Å². The number of aromatic nitrogens is 3. The summed E-state index contributed by atoms with van der Waals surface area (Å²) in [6, 6.07) is 3.30. The molecule has 1 saturated heterocycles. The van der Waals surface area contributed by atoms with Crippen LogP contribution >= 0.6 is 11.6 Å². The van der Waals surface area contributed by atoms with Crippen LogP contribution in [0.1, 0.15) is 25.1 Å². The summed E-state index contributed by atoms with van der Waals surface area (Å²) >= 11 is 5.66.